The average molecular weight is 687 g/mol. The molecule has 242 valence electrons. The van der Waals surface area contributed by atoms with E-state index in [1.807, 2.05) is 4.90 Å². The third kappa shape index (κ3) is 7.65. The molecule has 1 saturated heterocycles. The summed E-state index contributed by atoms with van der Waals surface area (Å²) in [7, 11) is -7.51. The summed E-state index contributed by atoms with van der Waals surface area (Å²) in [5, 5.41) is 0.202. The van der Waals surface area contributed by atoms with Gasteiger partial charge in [-0.05, 0) is 79.9 Å². The van der Waals surface area contributed by atoms with Crippen LogP contribution in [0.4, 0.5) is 23.2 Å². The number of alkyl halides is 3. The zero-order valence-corrected chi connectivity index (χ0v) is 26.6. The van der Waals surface area contributed by atoms with E-state index in [2.05, 4.69) is 0 Å². The SMILES string of the molecule is CC(=Cc1ccc2c(c1)N(S(=O)(=O)c1cccc(C(F)(F)F)c1)CC(CCCN1CCS(=O)(=O)CC1)O2)c1c(F)cccc1Cl. The quantitative estimate of drug-likeness (QED) is 0.198. The van der Waals surface area contributed by atoms with Gasteiger partial charge in [-0.2, -0.15) is 13.2 Å². The molecule has 0 aliphatic carbocycles. The Labute approximate surface area is 265 Å². The molecule has 7 nitrogen and oxygen atoms in total. The Balaban J connectivity index is 1.46. The van der Waals surface area contributed by atoms with Crippen LogP contribution in [0.5, 0.6) is 5.75 Å². The molecule has 45 heavy (non-hydrogen) atoms. The number of nitrogens with zero attached hydrogens (tertiary/aromatic N) is 2. The van der Waals surface area contributed by atoms with Gasteiger partial charge >= 0.3 is 6.18 Å². The van der Waals surface area contributed by atoms with Gasteiger partial charge in [0.2, 0.25) is 0 Å². The molecule has 0 spiro atoms. The van der Waals surface area contributed by atoms with Gasteiger partial charge in [0.05, 0.1) is 39.2 Å². The Morgan fingerprint density at radius 3 is 2.47 bits per heavy atom. The predicted octanol–water partition coefficient (Wildman–Crippen LogP) is 6.53. The summed E-state index contributed by atoms with van der Waals surface area (Å²) < 4.78 is 114. The molecule has 1 atom stereocenters. The maximum atomic E-state index is 14.6. The van der Waals surface area contributed by atoms with Crippen LogP contribution in [0.25, 0.3) is 11.6 Å². The molecule has 3 aromatic carbocycles. The van der Waals surface area contributed by atoms with E-state index in [0.717, 1.165) is 22.5 Å². The predicted molar refractivity (Wildman–Crippen MR) is 166 cm³/mol. The van der Waals surface area contributed by atoms with Crippen LogP contribution in [0.2, 0.25) is 5.02 Å². The molecule has 14 heteroatoms. The van der Waals surface area contributed by atoms with Crippen molar-refractivity contribution >= 4 is 48.8 Å². The first-order chi connectivity index (χ1) is 21.1. The minimum atomic E-state index is -4.74. The number of rotatable bonds is 8. The lowest BCUT2D eigenvalue weighted by molar-refractivity contribution is -0.137. The molecule has 1 unspecified atom stereocenters. The summed E-state index contributed by atoms with van der Waals surface area (Å²) in [6, 6.07) is 12.7. The van der Waals surface area contributed by atoms with Crippen molar-refractivity contribution in [2.45, 2.75) is 36.9 Å². The summed E-state index contributed by atoms with van der Waals surface area (Å²) in [5.41, 5.74) is 0.202. The number of anilines is 1. The number of hydrogen-bond donors (Lipinski definition) is 0. The molecule has 0 aromatic heterocycles. The Kier molecular flexibility index (Phi) is 9.55. The van der Waals surface area contributed by atoms with Crippen molar-refractivity contribution in [3.63, 3.8) is 0 Å². The van der Waals surface area contributed by atoms with Crippen molar-refractivity contribution in [2.24, 2.45) is 0 Å². The van der Waals surface area contributed by atoms with Gasteiger partial charge in [-0.3, -0.25) is 4.31 Å². The fourth-order valence-electron chi connectivity index (χ4n) is 5.47. The second kappa shape index (κ2) is 12.9. The van der Waals surface area contributed by atoms with Gasteiger partial charge in [-0.15, -0.1) is 0 Å². The maximum Gasteiger partial charge on any atom is 0.416 e. The summed E-state index contributed by atoms with van der Waals surface area (Å²) >= 11 is 6.22. The molecule has 0 amide bonds. The summed E-state index contributed by atoms with van der Waals surface area (Å²) in [4.78, 5) is 1.51. The van der Waals surface area contributed by atoms with Crippen LogP contribution in [0, 0.1) is 5.82 Å². The molecule has 3 aromatic rings. The molecule has 2 aliphatic heterocycles. The first-order valence-electron chi connectivity index (χ1n) is 14.2. The van der Waals surface area contributed by atoms with E-state index in [1.165, 1.54) is 18.2 Å². The standard InChI is InChI=1S/C31H31ClF4N2O5S2/c1-21(30-26(32)8-3-9-27(30)33)17-22-10-11-29-28(18-22)38(45(41,42)25-7-2-5-23(19-25)31(34,35)36)20-24(43-29)6-4-12-37-13-15-44(39,40)16-14-37/h2-3,5,7-11,17-19,24H,4,6,12-16,20H2,1H3. The number of ether oxygens (including phenoxy) is 1. The van der Waals surface area contributed by atoms with E-state index in [-0.39, 0.29) is 40.1 Å². The third-order valence-electron chi connectivity index (χ3n) is 7.84. The van der Waals surface area contributed by atoms with Gasteiger partial charge < -0.3 is 9.64 Å². The fraction of sp³-hybridized carbons (Fsp3) is 0.355. The summed E-state index contributed by atoms with van der Waals surface area (Å²) in [6.07, 6.45) is -2.73. The second-order valence-corrected chi connectivity index (χ2v) is 15.7. The minimum absolute atomic E-state index is 0.0860. The average Bonchev–Trinajstić information content (AvgIpc) is 2.97. The lowest BCUT2D eigenvalue weighted by Crippen LogP contribution is -2.44. The van der Waals surface area contributed by atoms with Gasteiger partial charge in [-0.1, -0.05) is 35.9 Å². The number of fused-ring (bicyclic) bond motifs is 1. The Morgan fingerprint density at radius 1 is 1.07 bits per heavy atom. The highest BCUT2D eigenvalue weighted by Gasteiger charge is 2.37. The van der Waals surface area contributed by atoms with Crippen LogP contribution in [0.3, 0.4) is 0 Å². The second-order valence-electron chi connectivity index (χ2n) is 11.1. The molecule has 1 fully saturated rings. The number of sulfone groups is 1. The minimum Gasteiger partial charge on any atom is -0.486 e. The monoisotopic (exact) mass is 686 g/mol. The first-order valence-corrected chi connectivity index (χ1v) is 17.8. The fourth-order valence-corrected chi connectivity index (χ4v) is 8.60. The molecular formula is C31H31ClF4N2O5S2. The van der Waals surface area contributed by atoms with Crippen molar-refractivity contribution in [3.05, 3.63) is 88.2 Å². The normalized spacial score (nSPS) is 19.2. The lowest BCUT2D eigenvalue weighted by Gasteiger charge is -2.36. The van der Waals surface area contributed by atoms with Gasteiger partial charge in [0, 0.05) is 18.7 Å². The van der Waals surface area contributed by atoms with Crippen LogP contribution in [-0.4, -0.2) is 65.5 Å². The van der Waals surface area contributed by atoms with Gasteiger partial charge in [-0.25, -0.2) is 21.2 Å². The van der Waals surface area contributed by atoms with Crippen molar-refractivity contribution < 1.29 is 39.1 Å². The molecule has 5 rings (SSSR count). The molecule has 0 saturated carbocycles. The van der Waals surface area contributed by atoms with Crippen molar-refractivity contribution in [1.82, 2.24) is 4.90 Å². The molecule has 2 heterocycles. The number of hydrogen-bond acceptors (Lipinski definition) is 6. The van der Waals surface area contributed by atoms with E-state index in [0.29, 0.717) is 49.7 Å². The van der Waals surface area contributed by atoms with E-state index >= 15 is 0 Å². The van der Waals surface area contributed by atoms with E-state index < -0.39 is 48.4 Å². The Morgan fingerprint density at radius 2 is 1.78 bits per heavy atom. The van der Waals surface area contributed by atoms with Crippen LogP contribution in [0.15, 0.2) is 65.6 Å². The highest BCUT2D eigenvalue weighted by molar-refractivity contribution is 7.93. The van der Waals surface area contributed by atoms with Gasteiger partial charge in [0.25, 0.3) is 10.0 Å². The largest absolute Gasteiger partial charge is 0.486 e. The van der Waals surface area contributed by atoms with E-state index in [1.54, 1.807) is 31.2 Å². The van der Waals surface area contributed by atoms with Gasteiger partial charge in [0.15, 0.2) is 9.84 Å². The summed E-state index contributed by atoms with van der Waals surface area (Å²) in [5.74, 6) is -0.129. The highest BCUT2D eigenvalue weighted by atomic mass is 35.5. The van der Waals surface area contributed by atoms with Crippen molar-refractivity contribution in [1.29, 1.82) is 0 Å². The Hall–Kier alpha value is -3.13. The van der Waals surface area contributed by atoms with Crippen molar-refractivity contribution in [2.75, 3.05) is 42.0 Å². The summed E-state index contributed by atoms with van der Waals surface area (Å²) in [6.45, 7) is 2.92. The van der Waals surface area contributed by atoms with E-state index in [4.69, 9.17) is 16.3 Å². The number of sulfonamides is 1. The van der Waals surface area contributed by atoms with Crippen LogP contribution in [-0.2, 0) is 26.0 Å². The number of benzene rings is 3. The number of allylic oxidation sites excluding steroid dienone is 1. The highest BCUT2D eigenvalue weighted by Crippen LogP contribution is 2.40. The molecule has 0 bridgehead atoms. The van der Waals surface area contributed by atoms with Crippen LogP contribution in [0.1, 0.15) is 36.5 Å². The maximum absolute atomic E-state index is 14.6. The topological polar surface area (TPSA) is 84.0 Å². The van der Waals surface area contributed by atoms with Crippen LogP contribution < -0.4 is 9.04 Å². The zero-order chi connectivity index (χ0) is 32.6. The van der Waals surface area contributed by atoms with E-state index in [9.17, 15) is 34.4 Å². The molecule has 2 aliphatic rings. The zero-order valence-electron chi connectivity index (χ0n) is 24.2. The lowest BCUT2D eigenvalue weighted by atomic mass is 10.0. The smallest absolute Gasteiger partial charge is 0.416 e. The Bertz CT molecular complexity index is 1800. The number of halogens is 5. The third-order valence-corrected chi connectivity index (χ3v) is 11.5. The van der Waals surface area contributed by atoms with Crippen molar-refractivity contribution in [3.8, 4) is 5.75 Å². The molecule has 0 radical (unpaired) electrons. The molecular weight excluding hydrogens is 656 g/mol. The van der Waals surface area contributed by atoms with Gasteiger partial charge in [0.1, 0.15) is 17.7 Å². The molecule has 0 N–H and O–H groups in total. The van der Waals surface area contributed by atoms with Crippen LogP contribution >= 0.6 is 11.6 Å². The first kappa shape index (κ1) is 33.2.